The van der Waals surface area contributed by atoms with Gasteiger partial charge in [-0.05, 0) is 44.7 Å². The molecule has 1 saturated carbocycles. The lowest BCUT2D eigenvalue weighted by Gasteiger charge is -2.26. The number of aryl methyl sites for hydroxylation is 2. The molecule has 1 N–H and O–H groups in total. The SMILES string of the molecule is Cc1noc([C@]23C[C@H](NC(=O)c4cccnc4C)C[C@H]2CN(C(=O)C(C)C)C3)n1. The molecule has 8 nitrogen and oxygen atoms in total. The Morgan fingerprint density at radius 1 is 1.34 bits per heavy atom. The Labute approximate surface area is 170 Å². The number of nitrogens with one attached hydrogen (secondary N) is 1. The minimum atomic E-state index is -0.409. The first-order chi connectivity index (χ1) is 13.8. The normalized spacial score (nSPS) is 26.0. The standard InChI is InChI=1S/C21H27N5O3/c1-12(2)19(28)26-10-15-8-16(24-18(27)17-6-5-7-22-13(17)3)9-21(15,11-26)20-23-14(4)25-29-20/h5-7,12,15-16H,8-11H2,1-4H3,(H,24,27)/t15-,16+,21-/m0/s1. The fourth-order valence-corrected chi connectivity index (χ4v) is 4.83. The largest absolute Gasteiger partial charge is 0.349 e. The van der Waals surface area contributed by atoms with Crippen LogP contribution in [0.4, 0.5) is 0 Å². The van der Waals surface area contributed by atoms with E-state index in [4.69, 9.17) is 4.52 Å². The molecule has 2 aromatic rings. The van der Waals surface area contributed by atoms with E-state index >= 15 is 0 Å². The maximum absolute atomic E-state index is 12.8. The fourth-order valence-electron chi connectivity index (χ4n) is 4.83. The van der Waals surface area contributed by atoms with Gasteiger partial charge in [-0.2, -0.15) is 4.98 Å². The lowest BCUT2D eigenvalue weighted by atomic mass is 9.80. The molecule has 0 bridgehead atoms. The summed E-state index contributed by atoms with van der Waals surface area (Å²) in [6.07, 6.45) is 3.12. The van der Waals surface area contributed by atoms with Crippen LogP contribution in [0.3, 0.4) is 0 Å². The van der Waals surface area contributed by atoms with Crippen molar-refractivity contribution in [2.75, 3.05) is 13.1 Å². The Bertz CT molecular complexity index is 940. The second-order valence-electron chi connectivity index (χ2n) is 8.62. The Kier molecular flexibility index (Phi) is 4.88. The number of hydrogen-bond donors (Lipinski definition) is 1. The predicted molar refractivity (Wildman–Crippen MR) is 105 cm³/mol. The monoisotopic (exact) mass is 397 g/mol. The zero-order valence-corrected chi connectivity index (χ0v) is 17.3. The van der Waals surface area contributed by atoms with Gasteiger partial charge in [0.25, 0.3) is 5.91 Å². The number of pyridine rings is 1. The van der Waals surface area contributed by atoms with E-state index in [-0.39, 0.29) is 29.7 Å². The average Bonchev–Trinajstić information content (AvgIpc) is 3.33. The number of aromatic nitrogens is 3. The van der Waals surface area contributed by atoms with E-state index in [1.165, 1.54) is 0 Å². The summed E-state index contributed by atoms with van der Waals surface area (Å²) in [6.45, 7) is 8.66. The second-order valence-corrected chi connectivity index (χ2v) is 8.62. The van der Waals surface area contributed by atoms with Crippen molar-refractivity contribution in [3.63, 3.8) is 0 Å². The summed E-state index contributed by atoms with van der Waals surface area (Å²) in [5.74, 6) is 1.30. The van der Waals surface area contributed by atoms with E-state index in [2.05, 4.69) is 20.4 Å². The Balaban J connectivity index is 1.57. The van der Waals surface area contributed by atoms with Crippen molar-refractivity contribution in [1.29, 1.82) is 0 Å². The Morgan fingerprint density at radius 2 is 2.14 bits per heavy atom. The smallest absolute Gasteiger partial charge is 0.253 e. The van der Waals surface area contributed by atoms with E-state index in [1.54, 1.807) is 25.3 Å². The summed E-state index contributed by atoms with van der Waals surface area (Å²) in [5.41, 5.74) is 0.885. The summed E-state index contributed by atoms with van der Waals surface area (Å²) in [6, 6.07) is 3.53. The van der Waals surface area contributed by atoms with E-state index in [1.807, 2.05) is 25.7 Å². The maximum Gasteiger partial charge on any atom is 0.253 e. The molecule has 8 heteroatoms. The van der Waals surface area contributed by atoms with Crippen LogP contribution in [0.1, 0.15) is 54.5 Å². The zero-order chi connectivity index (χ0) is 20.8. The van der Waals surface area contributed by atoms with Gasteiger partial charge in [0.15, 0.2) is 5.82 Å². The summed E-state index contributed by atoms with van der Waals surface area (Å²) >= 11 is 0. The summed E-state index contributed by atoms with van der Waals surface area (Å²) < 4.78 is 5.58. The van der Waals surface area contributed by atoms with Crippen LogP contribution in [0, 0.1) is 25.7 Å². The van der Waals surface area contributed by atoms with Gasteiger partial charge in [0.05, 0.1) is 11.0 Å². The van der Waals surface area contributed by atoms with Crippen LogP contribution >= 0.6 is 0 Å². The van der Waals surface area contributed by atoms with Crippen molar-refractivity contribution in [1.82, 2.24) is 25.3 Å². The molecule has 0 unspecified atom stereocenters. The van der Waals surface area contributed by atoms with Crippen molar-refractivity contribution in [2.45, 2.75) is 52.0 Å². The van der Waals surface area contributed by atoms with Crippen LogP contribution in [-0.2, 0) is 10.2 Å². The molecule has 2 aromatic heterocycles. The lowest BCUT2D eigenvalue weighted by molar-refractivity contribution is -0.133. The van der Waals surface area contributed by atoms with Gasteiger partial charge in [-0.15, -0.1) is 0 Å². The van der Waals surface area contributed by atoms with Gasteiger partial charge in [-0.3, -0.25) is 14.6 Å². The molecule has 1 aliphatic carbocycles. The average molecular weight is 397 g/mol. The maximum atomic E-state index is 12.8. The highest BCUT2D eigenvalue weighted by Gasteiger charge is 2.58. The first kappa shape index (κ1) is 19.5. The lowest BCUT2D eigenvalue weighted by Crippen LogP contribution is -2.40. The van der Waals surface area contributed by atoms with E-state index < -0.39 is 5.41 Å². The minimum Gasteiger partial charge on any atom is -0.349 e. The van der Waals surface area contributed by atoms with Gasteiger partial charge < -0.3 is 14.7 Å². The molecule has 154 valence electrons. The molecule has 0 aromatic carbocycles. The van der Waals surface area contributed by atoms with E-state index in [9.17, 15) is 9.59 Å². The molecule has 1 saturated heterocycles. The quantitative estimate of drug-likeness (QED) is 0.847. The molecule has 2 fully saturated rings. The van der Waals surface area contributed by atoms with Gasteiger partial charge in [-0.25, -0.2) is 0 Å². The van der Waals surface area contributed by atoms with Crippen molar-refractivity contribution in [3.8, 4) is 0 Å². The number of amides is 2. The highest BCUT2D eigenvalue weighted by atomic mass is 16.5. The first-order valence-corrected chi connectivity index (χ1v) is 10.1. The van der Waals surface area contributed by atoms with Gasteiger partial charge >= 0.3 is 0 Å². The summed E-state index contributed by atoms with van der Waals surface area (Å²) in [5, 5.41) is 7.14. The van der Waals surface area contributed by atoms with Crippen LogP contribution in [0.15, 0.2) is 22.9 Å². The molecular weight excluding hydrogens is 370 g/mol. The third-order valence-corrected chi connectivity index (χ3v) is 6.22. The Hall–Kier alpha value is -2.77. The topological polar surface area (TPSA) is 101 Å². The van der Waals surface area contributed by atoms with Crippen molar-refractivity contribution in [2.24, 2.45) is 11.8 Å². The van der Waals surface area contributed by atoms with E-state index in [0.717, 1.165) is 6.42 Å². The molecule has 1 aliphatic heterocycles. The molecular formula is C21H27N5O3. The molecule has 0 spiro atoms. The molecule has 3 atom stereocenters. The fraction of sp³-hybridized carbons (Fsp3) is 0.571. The first-order valence-electron chi connectivity index (χ1n) is 10.1. The third kappa shape index (κ3) is 3.41. The number of rotatable bonds is 4. The highest BCUT2D eigenvalue weighted by molar-refractivity contribution is 5.95. The van der Waals surface area contributed by atoms with Gasteiger partial charge in [0.1, 0.15) is 0 Å². The minimum absolute atomic E-state index is 0.0179. The summed E-state index contributed by atoms with van der Waals surface area (Å²) in [4.78, 5) is 36.0. The number of hydrogen-bond acceptors (Lipinski definition) is 6. The van der Waals surface area contributed by atoms with Gasteiger partial charge in [-0.1, -0.05) is 19.0 Å². The molecule has 2 amide bonds. The van der Waals surface area contributed by atoms with Crippen molar-refractivity contribution >= 4 is 11.8 Å². The number of carbonyl (C=O) groups excluding carboxylic acids is 2. The molecule has 29 heavy (non-hydrogen) atoms. The van der Waals surface area contributed by atoms with Crippen LogP contribution in [0.25, 0.3) is 0 Å². The van der Waals surface area contributed by atoms with Crippen molar-refractivity contribution in [3.05, 3.63) is 41.3 Å². The molecule has 3 heterocycles. The van der Waals surface area contributed by atoms with Crippen LogP contribution in [-0.4, -0.2) is 51.0 Å². The Morgan fingerprint density at radius 3 is 2.79 bits per heavy atom. The molecule has 4 rings (SSSR count). The number of fused-ring (bicyclic) bond motifs is 1. The van der Waals surface area contributed by atoms with Crippen LogP contribution in [0.5, 0.6) is 0 Å². The van der Waals surface area contributed by atoms with Crippen molar-refractivity contribution < 1.29 is 14.1 Å². The van der Waals surface area contributed by atoms with Gasteiger partial charge in [0.2, 0.25) is 11.8 Å². The zero-order valence-electron chi connectivity index (χ0n) is 17.3. The third-order valence-electron chi connectivity index (χ3n) is 6.22. The molecule has 2 aliphatic rings. The molecule has 0 radical (unpaired) electrons. The number of nitrogens with zero attached hydrogens (tertiary/aromatic N) is 4. The van der Waals surface area contributed by atoms with Crippen LogP contribution < -0.4 is 5.32 Å². The van der Waals surface area contributed by atoms with E-state index in [0.29, 0.717) is 42.5 Å². The van der Waals surface area contributed by atoms with Gasteiger partial charge in [0, 0.05) is 36.9 Å². The number of carbonyl (C=O) groups is 2. The summed E-state index contributed by atoms with van der Waals surface area (Å²) in [7, 11) is 0. The predicted octanol–water partition coefficient (Wildman–Crippen LogP) is 2.03. The van der Waals surface area contributed by atoms with Crippen LogP contribution in [0.2, 0.25) is 0 Å². The number of likely N-dealkylation sites (tertiary alicyclic amines) is 1. The highest BCUT2D eigenvalue weighted by Crippen LogP contribution is 2.50. The second kappa shape index (κ2) is 7.24.